The molecule has 1 aliphatic rings. The Morgan fingerprint density at radius 1 is 1.42 bits per heavy atom. The smallest absolute Gasteiger partial charge is 0.410 e. The third kappa shape index (κ3) is 6.78. The molecule has 148 valence electrons. The molecule has 1 aliphatic heterocycles. The minimum Gasteiger partial charge on any atom is -0.486 e. The molecule has 0 bridgehead atoms. The van der Waals surface area contributed by atoms with Crippen LogP contribution >= 0.6 is 0 Å². The van der Waals surface area contributed by atoms with Crippen molar-refractivity contribution in [1.29, 1.82) is 5.41 Å². The number of likely N-dealkylation sites (tertiary alicyclic amines) is 1. The number of carbonyl (C=O) groups excluding carboxylic acids is 1. The Kier molecular flexibility index (Phi) is 8.27. The van der Waals surface area contributed by atoms with Crippen LogP contribution in [0.4, 0.5) is 9.18 Å². The van der Waals surface area contributed by atoms with E-state index in [1.165, 1.54) is 4.90 Å². The number of hydrogen-bond donors (Lipinski definition) is 2. The predicted octanol–water partition coefficient (Wildman–Crippen LogP) is 3.81. The summed E-state index contributed by atoms with van der Waals surface area (Å²) in [4.78, 5) is 13.9. The van der Waals surface area contributed by atoms with Gasteiger partial charge in [-0.15, -0.1) is 0 Å². The summed E-state index contributed by atoms with van der Waals surface area (Å²) in [5.74, 6) is -1.36. The Bertz CT molecular complexity index is 566. The summed E-state index contributed by atoms with van der Waals surface area (Å²) in [6.07, 6.45) is 4.40. The standard InChI is InChI=1S/C19H31FN2O4/c1-6-7-8-13(2)16(17(20)21)25-12-15-9-14(11-23)10-22(15)18(24)26-19(3,4)5/h7-8,14-15,21,23H,6,9-12H2,1-5H3/b8-7-,16-13+,21-17?. The van der Waals surface area contributed by atoms with E-state index in [9.17, 15) is 14.3 Å². The van der Waals surface area contributed by atoms with Crippen LogP contribution in [0.3, 0.4) is 0 Å². The number of amides is 1. The van der Waals surface area contributed by atoms with Crippen molar-refractivity contribution < 1.29 is 23.8 Å². The molecule has 2 atom stereocenters. The van der Waals surface area contributed by atoms with E-state index >= 15 is 0 Å². The zero-order chi connectivity index (χ0) is 19.9. The number of halogens is 1. The van der Waals surface area contributed by atoms with Gasteiger partial charge in [0.05, 0.1) is 6.04 Å². The number of nitrogens with one attached hydrogen (secondary N) is 1. The summed E-state index contributed by atoms with van der Waals surface area (Å²) < 4.78 is 24.5. The quantitative estimate of drug-likeness (QED) is 0.406. The summed E-state index contributed by atoms with van der Waals surface area (Å²) in [7, 11) is 0. The Balaban J connectivity index is 2.87. The maximum Gasteiger partial charge on any atom is 0.410 e. The molecule has 7 heteroatoms. The van der Waals surface area contributed by atoms with Crippen LogP contribution in [0, 0.1) is 11.3 Å². The number of ether oxygens (including phenoxy) is 2. The molecule has 0 aliphatic carbocycles. The fourth-order valence-corrected chi connectivity index (χ4v) is 2.75. The van der Waals surface area contributed by atoms with Crippen LogP contribution in [-0.4, -0.2) is 53.5 Å². The van der Waals surface area contributed by atoms with Crippen molar-refractivity contribution in [3.05, 3.63) is 23.5 Å². The van der Waals surface area contributed by atoms with E-state index in [-0.39, 0.29) is 30.9 Å². The van der Waals surface area contributed by atoms with Crippen molar-refractivity contribution in [2.75, 3.05) is 19.8 Å². The van der Waals surface area contributed by atoms with Gasteiger partial charge in [0.25, 0.3) is 0 Å². The molecular formula is C19H31FN2O4. The number of rotatable bonds is 7. The average molecular weight is 370 g/mol. The summed E-state index contributed by atoms with van der Waals surface area (Å²) in [6.45, 7) is 9.33. The lowest BCUT2D eigenvalue weighted by Gasteiger charge is -2.28. The first kappa shape index (κ1) is 22.2. The van der Waals surface area contributed by atoms with E-state index in [2.05, 4.69) is 0 Å². The molecular weight excluding hydrogens is 339 g/mol. The van der Waals surface area contributed by atoms with Gasteiger partial charge < -0.3 is 19.5 Å². The Labute approximate surface area is 155 Å². The molecule has 1 saturated heterocycles. The molecule has 26 heavy (non-hydrogen) atoms. The second-order valence-electron chi connectivity index (χ2n) is 7.52. The monoisotopic (exact) mass is 370 g/mol. The normalized spacial score (nSPS) is 21.7. The van der Waals surface area contributed by atoms with E-state index in [1.807, 2.05) is 13.0 Å². The van der Waals surface area contributed by atoms with Crippen molar-refractivity contribution in [2.24, 2.45) is 5.92 Å². The summed E-state index contributed by atoms with van der Waals surface area (Å²) in [5.41, 5.74) is -0.118. The van der Waals surface area contributed by atoms with Crippen LogP contribution in [0.1, 0.15) is 47.5 Å². The van der Waals surface area contributed by atoms with Gasteiger partial charge in [-0.25, -0.2) is 4.79 Å². The lowest BCUT2D eigenvalue weighted by molar-refractivity contribution is 0.0156. The molecule has 2 unspecified atom stereocenters. The topological polar surface area (TPSA) is 82.8 Å². The van der Waals surface area contributed by atoms with E-state index < -0.39 is 17.7 Å². The summed E-state index contributed by atoms with van der Waals surface area (Å²) in [5, 5.41) is 16.7. The lowest BCUT2D eigenvalue weighted by Crippen LogP contribution is -2.42. The van der Waals surface area contributed by atoms with E-state index in [1.54, 1.807) is 33.8 Å². The predicted molar refractivity (Wildman–Crippen MR) is 98.8 cm³/mol. The number of hydrogen-bond acceptors (Lipinski definition) is 5. The Morgan fingerprint density at radius 2 is 2.08 bits per heavy atom. The van der Waals surface area contributed by atoms with Crippen LogP contribution in [-0.2, 0) is 9.47 Å². The van der Waals surface area contributed by atoms with Crippen LogP contribution in [0.5, 0.6) is 0 Å². The Hall–Kier alpha value is -1.89. The number of aliphatic hydroxyl groups excluding tert-OH is 1. The molecule has 0 radical (unpaired) electrons. The van der Waals surface area contributed by atoms with Gasteiger partial charge >= 0.3 is 6.09 Å². The highest BCUT2D eigenvalue weighted by Gasteiger charge is 2.38. The fraction of sp³-hybridized carbons (Fsp3) is 0.684. The van der Waals surface area contributed by atoms with E-state index in [0.29, 0.717) is 18.5 Å². The van der Waals surface area contributed by atoms with Gasteiger partial charge in [0.15, 0.2) is 5.76 Å². The second kappa shape index (κ2) is 9.71. The lowest BCUT2D eigenvalue weighted by atomic mass is 10.1. The number of nitrogens with zero attached hydrogens (tertiary/aromatic N) is 1. The first-order chi connectivity index (χ1) is 12.1. The average Bonchev–Trinajstić information content (AvgIpc) is 2.94. The van der Waals surface area contributed by atoms with Crippen LogP contribution < -0.4 is 0 Å². The summed E-state index contributed by atoms with van der Waals surface area (Å²) in [6, 6.07) is -0.348. The van der Waals surface area contributed by atoms with Gasteiger partial charge in [0.2, 0.25) is 5.97 Å². The molecule has 1 fully saturated rings. The molecule has 0 spiro atoms. The van der Waals surface area contributed by atoms with E-state index in [4.69, 9.17) is 14.9 Å². The third-order valence-electron chi connectivity index (χ3n) is 3.97. The maximum atomic E-state index is 13.6. The van der Waals surface area contributed by atoms with Crippen molar-refractivity contribution >= 4 is 12.1 Å². The molecule has 1 heterocycles. The van der Waals surface area contributed by atoms with Crippen LogP contribution in [0.15, 0.2) is 23.5 Å². The molecule has 6 nitrogen and oxygen atoms in total. The minimum absolute atomic E-state index is 0.0364. The van der Waals surface area contributed by atoms with Crippen LogP contribution in [0.25, 0.3) is 0 Å². The van der Waals surface area contributed by atoms with Crippen molar-refractivity contribution in [2.45, 2.75) is 59.1 Å². The largest absolute Gasteiger partial charge is 0.486 e. The van der Waals surface area contributed by atoms with Gasteiger partial charge in [-0.05, 0) is 46.1 Å². The first-order valence-electron chi connectivity index (χ1n) is 8.94. The minimum atomic E-state index is -1.15. The molecule has 0 aromatic heterocycles. The highest BCUT2D eigenvalue weighted by Crippen LogP contribution is 2.26. The van der Waals surface area contributed by atoms with Crippen molar-refractivity contribution in [3.8, 4) is 0 Å². The first-order valence-corrected chi connectivity index (χ1v) is 8.94. The molecule has 1 rings (SSSR count). The number of aliphatic hydroxyl groups is 1. The third-order valence-corrected chi connectivity index (χ3v) is 3.97. The van der Waals surface area contributed by atoms with Gasteiger partial charge in [-0.3, -0.25) is 5.41 Å². The fourth-order valence-electron chi connectivity index (χ4n) is 2.75. The number of carbonyl (C=O) groups is 1. The molecule has 0 aromatic rings. The van der Waals surface area contributed by atoms with Gasteiger partial charge in [0.1, 0.15) is 12.2 Å². The Morgan fingerprint density at radius 3 is 2.58 bits per heavy atom. The van der Waals surface area contributed by atoms with Gasteiger partial charge in [-0.2, -0.15) is 4.39 Å². The zero-order valence-corrected chi connectivity index (χ0v) is 16.3. The molecule has 2 N–H and O–H groups in total. The van der Waals surface area contributed by atoms with Crippen molar-refractivity contribution in [1.82, 2.24) is 4.90 Å². The zero-order valence-electron chi connectivity index (χ0n) is 16.3. The molecule has 1 amide bonds. The summed E-state index contributed by atoms with van der Waals surface area (Å²) >= 11 is 0. The molecule has 0 saturated carbocycles. The number of allylic oxidation sites excluding steroid dienone is 4. The van der Waals surface area contributed by atoms with Gasteiger partial charge in [-0.1, -0.05) is 19.1 Å². The SMILES string of the molecule is CC/C=C\C(C)=C(\OCC1CC(CO)CN1C(=O)OC(C)(C)C)C(=N)F. The maximum absolute atomic E-state index is 13.6. The molecule has 0 aromatic carbocycles. The highest BCUT2D eigenvalue weighted by atomic mass is 19.1. The van der Waals surface area contributed by atoms with Gasteiger partial charge in [0, 0.05) is 19.1 Å². The second-order valence-corrected chi connectivity index (χ2v) is 7.52. The van der Waals surface area contributed by atoms with Crippen LogP contribution in [0.2, 0.25) is 0 Å². The highest BCUT2D eigenvalue weighted by molar-refractivity contribution is 5.89. The van der Waals surface area contributed by atoms with E-state index in [0.717, 1.165) is 6.42 Å². The van der Waals surface area contributed by atoms with Crippen molar-refractivity contribution in [3.63, 3.8) is 0 Å².